The van der Waals surface area contributed by atoms with E-state index in [1.54, 1.807) is 24.3 Å². The van der Waals surface area contributed by atoms with Crippen LogP contribution in [0.25, 0.3) is 0 Å². The number of rotatable bonds is 5. The first-order valence-electron chi connectivity index (χ1n) is 9.04. The smallest absolute Gasteiger partial charge is 0.195 e. The normalized spacial score (nSPS) is 15.0. The Labute approximate surface area is 164 Å². The molecule has 3 rings (SSSR count). The van der Waals surface area contributed by atoms with Crippen LogP contribution in [-0.4, -0.2) is 37.4 Å². The lowest BCUT2D eigenvalue weighted by Gasteiger charge is -2.15. The van der Waals surface area contributed by atoms with Crippen LogP contribution in [0, 0.1) is 0 Å². The van der Waals surface area contributed by atoms with Crippen molar-refractivity contribution in [1.82, 2.24) is 5.32 Å². The maximum Gasteiger partial charge on any atom is 0.195 e. The highest BCUT2D eigenvalue weighted by molar-refractivity contribution is 6.30. The lowest BCUT2D eigenvalue weighted by atomic mass is 10.1. The van der Waals surface area contributed by atoms with Gasteiger partial charge in [-0.05, 0) is 36.8 Å². The summed E-state index contributed by atoms with van der Waals surface area (Å²) in [6.07, 6.45) is 0.158. The summed E-state index contributed by atoms with van der Waals surface area (Å²) in [5.41, 5.74) is 1.61. The molecule has 0 amide bonds. The van der Waals surface area contributed by atoms with Crippen LogP contribution >= 0.6 is 11.6 Å². The van der Waals surface area contributed by atoms with Gasteiger partial charge in [-0.15, -0.1) is 0 Å². The van der Waals surface area contributed by atoms with Crippen LogP contribution in [0.3, 0.4) is 0 Å². The summed E-state index contributed by atoms with van der Waals surface area (Å²) >= 11 is 5.89. The Kier molecular flexibility index (Phi) is 6.79. The van der Waals surface area contributed by atoms with E-state index in [1.807, 2.05) is 25.1 Å². The predicted molar refractivity (Wildman–Crippen MR) is 108 cm³/mol. The highest BCUT2D eigenvalue weighted by Crippen LogP contribution is 2.32. The lowest BCUT2D eigenvalue weighted by molar-refractivity contribution is 0.187. The van der Waals surface area contributed by atoms with E-state index < -0.39 is 6.10 Å². The molecule has 0 radical (unpaired) electrons. The zero-order chi connectivity index (χ0) is 19.1. The van der Waals surface area contributed by atoms with Gasteiger partial charge in [0.25, 0.3) is 0 Å². The molecular formula is C20H24ClN3O3. The summed E-state index contributed by atoms with van der Waals surface area (Å²) in [5, 5.41) is 17.4. The zero-order valence-electron chi connectivity index (χ0n) is 15.2. The first kappa shape index (κ1) is 19.3. The Balaban J connectivity index is 1.68. The molecule has 6 nitrogen and oxygen atoms in total. The van der Waals surface area contributed by atoms with Crippen LogP contribution in [0.2, 0.25) is 5.02 Å². The Morgan fingerprint density at radius 3 is 2.63 bits per heavy atom. The molecule has 0 aromatic heterocycles. The molecule has 0 saturated heterocycles. The largest absolute Gasteiger partial charge is 0.490 e. The van der Waals surface area contributed by atoms with Crippen molar-refractivity contribution in [2.24, 2.45) is 4.99 Å². The van der Waals surface area contributed by atoms with Crippen molar-refractivity contribution in [2.75, 3.05) is 31.6 Å². The van der Waals surface area contributed by atoms with E-state index in [2.05, 4.69) is 15.6 Å². The third-order valence-electron chi connectivity index (χ3n) is 4.03. The second-order valence-corrected chi connectivity index (χ2v) is 6.56. The molecular weight excluding hydrogens is 366 g/mol. The number of ether oxygens (including phenoxy) is 2. The van der Waals surface area contributed by atoms with E-state index >= 15 is 0 Å². The lowest BCUT2D eigenvalue weighted by Crippen LogP contribution is -2.31. The standard InChI is InChI=1S/C20H24ClN3O3/c1-2-22-20(23-13-17(25)14-4-6-15(21)7-5-14)24-16-8-9-18-19(12-16)27-11-3-10-26-18/h4-9,12,17,25H,2-3,10-11,13H2,1H3,(H2,22,23,24). The molecule has 0 saturated carbocycles. The third-order valence-corrected chi connectivity index (χ3v) is 4.28. The van der Waals surface area contributed by atoms with Gasteiger partial charge in [-0.3, -0.25) is 0 Å². The molecule has 27 heavy (non-hydrogen) atoms. The maximum absolute atomic E-state index is 10.3. The topological polar surface area (TPSA) is 75.1 Å². The molecule has 0 bridgehead atoms. The second kappa shape index (κ2) is 9.48. The van der Waals surface area contributed by atoms with Crippen LogP contribution in [0.4, 0.5) is 5.69 Å². The molecule has 1 aliphatic heterocycles. The summed E-state index contributed by atoms with van der Waals surface area (Å²) in [5.74, 6) is 2.05. The Morgan fingerprint density at radius 1 is 1.15 bits per heavy atom. The number of benzene rings is 2. The van der Waals surface area contributed by atoms with Gasteiger partial charge in [0.15, 0.2) is 17.5 Å². The summed E-state index contributed by atoms with van der Waals surface area (Å²) in [4.78, 5) is 4.48. The first-order chi connectivity index (χ1) is 13.2. The molecule has 2 aromatic carbocycles. The van der Waals surface area contributed by atoms with Crippen molar-refractivity contribution in [2.45, 2.75) is 19.4 Å². The molecule has 0 spiro atoms. The fourth-order valence-corrected chi connectivity index (χ4v) is 2.78. The van der Waals surface area contributed by atoms with Crippen molar-refractivity contribution in [3.05, 3.63) is 53.1 Å². The average Bonchev–Trinajstić information content (AvgIpc) is 2.91. The van der Waals surface area contributed by atoms with Crippen LogP contribution < -0.4 is 20.1 Å². The van der Waals surface area contributed by atoms with Crippen LogP contribution in [0.15, 0.2) is 47.5 Å². The van der Waals surface area contributed by atoms with Crippen LogP contribution in [-0.2, 0) is 0 Å². The number of nitrogens with one attached hydrogen (secondary N) is 2. The van der Waals surface area contributed by atoms with Crippen molar-refractivity contribution in [3.63, 3.8) is 0 Å². The van der Waals surface area contributed by atoms with E-state index in [1.165, 1.54) is 0 Å². The number of hydrogen-bond acceptors (Lipinski definition) is 4. The summed E-state index contributed by atoms with van der Waals surface area (Å²) in [6.45, 7) is 4.21. The highest BCUT2D eigenvalue weighted by atomic mass is 35.5. The van der Waals surface area contributed by atoms with Gasteiger partial charge >= 0.3 is 0 Å². The number of halogens is 1. The number of anilines is 1. The molecule has 144 valence electrons. The minimum absolute atomic E-state index is 0.224. The van der Waals surface area contributed by atoms with Gasteiger partial charge in [0.05, 0.1) is 25.9 Å². The van der Waals surface area contributed by atoms with E-state index in [9.17, 15) is 5.11 Å². The van der Waals surface area contributed by atoms with Gasteiger partial charge in [-0.1, -0.05) is 23.7 Å². The Morgan fingerprint density at radius 2 is 1.89 bits per heavy atom. The van der Waals surface area contributed by atoms with Crippen molar-refractivity contribution >= 4 is 23.2 Å². The minimum atomic E-state index is -0.707. The number of nitrogens with zero attached hydrogens (tertiary/aromatic N) is 1. The average molecular weight is 390 g/mol. The van der Waals surface area contributed by atoms with Gasteiger partial charge in [0, 0.05) is 29.7 Å². The van der Waals surface area contributed by atoms with Gasteiger partial charge in [0.2, 0.25) is 0 Å². The summed E-state index contributed by atoms with van der Waals surface area (Å²) in [7, 11) is 0. The summed E-state index contributed by atoms with van der Waals surface area (Å²) in [6, 6.07) is 12.8. The number of fused-ring (bicyclic) bond motifs is 1. The molecule has 3 N–H and O–H groups in total. The molecule has 0 fully saturated rings. The molecule has 7 heteroatoms. The van der Waals surface area contributed by atoms with Gasteiger partial charge in [-0.2, -0.15) is 0 Å². The van der Waals surface area contributed by atoms with Crippen LogP contribution in [0.5, 0.6) is 11.5 Å². The van der Waals surface area contributed by atoms with Crippen molar-refractivity contribution < 1.29 is 14.6 Å². The van der Waals surface area contributed by atoms with E-state index in [-0.39, 0.29) is 6.54 Å². The van der Waals surface area contributed by atoms with Gasteiger partial charge in [0.1, 0.15) is 0 Å². The number of guanidine groups is 1. The van der Waals surface area contributed by atoms with Gasteiger partial charge < -0.3 is 25.2 Å². The second-order valence-electron chi connectivity index (χ2n) is 6.12. The van der Waals surface area contributed by atoms with Gasteiger partial charge in [-0.25, -0.2) is 4.99 Å². The van der Waals surface area contributed by atoms with Crippen LogP contribution in [0.1, 0.15) is 25.0 Å². The molecule has 2 aromatic rings. The van der Waals surface area contributed by atoms with E-state index in [4.69, 9.17) is 21.1 Å². The third kappa shape index (κ3) is 5.52. The molecule has 1 atom stereocenters. The fourth-order valence-electron chi connectivity index (χ4n) is 2.65. The number of hydrogen-bond donors (Lipinski definition) is 3. The highest BCUT2D eigenvalue weighted by Gasteiger charge is 2.12. The monoisotopic (exact) mass is 389 g/mol. The van der Waals surface area contributed by atoms with E-state index in [0.717, 1.165) is 29.2 Å². The zero-order valence-corrected chi connectivity index (χ0v) is 16.0. The number of aliphatic imine (C=N–C) groups is 1. The predicted octanol–water partition coefficient (Wildman–Crippen LogP) is 3.61. The fraction of sp³-hybridized carbons (Fsp3) is 0.350. The minimum Gasteiger partial charge on any atom is -0.490 e. The SMILES string of the molecule is CCNC(=NCC(O)c1ccc(Cl)cc1)Nc1ccc2c(c1)OCCCO2. The number of aliphatic hydroxyl groups excluding tert-OH is 1. The van der Waals surface area contributed by atoms with Crippen molar-refractivity contribution in [1.29, 1.82) is 0 Å². The molecule has 1 unspecified atom stereocenters. The molecule has 1 aliphatic rings. The Bertz CT molecular complexity index is 781. The molecule has 1 heterocycles. The Hall–Kier alpha value is -2.44. The van der Waals surface area contributed by atoms with E-state index in [0.29, 0.717) is 30.7 Å². The number of aliphatic hydroxyl groups is 1. The molecule has 0 aliphatic carbocycles. The van der Waals surface area contributed by atoms with Crippen molar-refractivity contribution in [3.8, 4) is 11.5 Å². The first-order valence-corrected chi connectivity index (χ1v) is 9.42. The maximum atomic E-state index is 10.3. The quantitative estimate of drug-likeness (QED) is 0.538. The summed E-state index contributed by atoms with van der Waals surface area (Å²) < 4.78 is 11.4.